The van der Waals surface area contributed by atoms with E-state index in [2.05, 4.69) is 4.57 Å². The summed E-state index contributed by atoms with van der Waals surface area (Å²) in [5.41, 5.74) is 1.93. The maximum atomic E-state index is 11.6. The number of aromatic nitrogens is 1. The van der Waals surface area contributed by atoms with E-state index in [1.54, 1.807) is 6.92 Å². The fourth-order valence-electron chi connectivity index (χ4n) is 2.20. The van der Waals surface area contributed by atoms with Crippen LogP contribution in [0.1, 0.15) is 36.3 Å². The van der Waals surface area contributed by atoms with Crippen LogP contribution in [0.3, 0.4) is 0 Å². The maximum absolute atomic E-state index is 11.6. The molecule has 0 spiro atoms. The molecule has 0 unspecified atom stereocenters. The number of hydrogen-bond acceptors (Lipinski definition) is 1. The second-order valence-electron chi connectivity index (χ2n) is 4.39. The number of halogens is 1. The molecule has 2 aromatic rings. The van der Waals surface area contributed by atoms with Gasteiger partial charge in [-0.1, -0.05) is 11.6 Å². The Labute approximate surface area is 98.8 Å². The molecule has 3 rings (SSSR count). The number of benzene rings is 1. The first-order chi connectivity index (χ1) is 7.66. The summed E-state index contributed by atoms with van der Waals surface area (Å²) in [6, 6.07) is 8.26. The minimum absolute atomic E-state index is 0.124. The van der Waals surface area contributed by atoms with Gasteiger partial charge >= 0.3 is 0 Å². The monoisotopic (exact) mass is 233 g/mol. The first kappa shape index (κ1) is 9.91. The number of ketones is 1. The molecule has 1 aliphatic rings. The van der Waals surface area contributed by atoms with Gasteiger partial charge in [0.15, 0.2) is 5.78 Å². The summed E-state index contributed by atoms with van der Waals surface area (Å²) in [5, 5.41) is 1.78. The summed E-state index contributed by atoms with van der Waals surface area (Å²) in [4.78, 5) is 11.6. The second kappa shape index (κ2) is 3.36. The van der Waals surface area contributed by atoms with Crippen LogP contribution in [0.25, 0.3) is 10.9 Å². The Morgan fingerprint density at radius 1 is 1.38 bits per heavy atom. The summed E-state index contributed by atoms with van der Waals surface area (Å²) >= 11 is 5.96. The third-order valence-corrected chi connectivity index (χ3v) is 3.31. The van der Waals surface area contributed by atoms with Crippen molar-refractivity contribution in [2.45, 2.75) is 25.8 Å². The molecule has 1 saturated carbocycles. The van der Waals surface area contributed by atoms with Crippen molar-refractivity contribution < 1.29 is 4.79 Å². The number of hydrogen-bond donors (Lipinski definition) is 0. The first-order valence-electron chi connectivity index (χ1n) is 5.48. The van der Waals surface area contributed by atoms with E-state index in [0.717, 1.165) is 21.6 Å². The molecule has 1 aromatic carbocycles. The third-order valence-electron chi connectivity index (χ3n) is 3.07. The van der Waals surface area contributed by atoms with Crippen LogP contribution in [0.15, 0.2) is 24.3 Å². The lowest BCUT2D eigenvalue weighted by atomic mass is 10.2. The van der Waals surface area contributed by atoms with E-state index in [9.17, 15) is 4.79 Å². The van der Waals surface area contributed by atoms with E-state index in [0.29, 0.717) is 6.04 Å². The molecule has 82 valence electrons. The normalized spacial score (nSPS) is 15.6. The Bertz CT molecular complexity index is 581. The van der Waals surface area contributed by atoms with Gasteiger partial charge in [0.1, 0.15) is 0 Å². The van der Waals surface area contributed by atoms with Crippen LogP contribution >= 0.6 is 11.6 Å². The molecule has 0 bridgehead atoms. The lowest BCUT2D eigenvalue weighted by Crippen LogP contribution is -2.04. The zero-order valence-electron chi connectivity index (χ0n) is 9.03. The first-order valence-corrected chi connectivity index (χ1v) is 5.86. The molecular weight excluding hydrogens is 222 g/mol. The van der Waals surface area contributed by atoms with E-state index < -0.39 is 0 Å². The average molecular weight is 234 g/mol. The number of fused-ring (bicyclic) bond motifs is 1. The van der Waals surface area contributed by atoms with E-state index in [1.807, 2.05) is 24.3 Å². The van der Waals surface area contributed by atoms with Gasteiger partial charge in [-0.15, -0.1) is 0 Å². The van der Waals surface area contributed by atoms with Crippen LogP contribution in [0.2, 0.25) is 5.02 Å². The van der Waals surface area contributed by atoms with Crippen molar-refractivity contribution in [2.75, 3.05) is 0 Å². The molecule has 0 atom stereocenters. The summed E-state index contributed by atoms with van der Waals surface area (Å²) in [6.45, 7) is 1.62. The molecule has 1 heterocycles. The van der Waals surface area contributed by atoms with Crippen LogP contribution < -0.4 is 0 Å². The molecule has 0 amide bonds. The average Bonchev–Trinajstić information content (AvgIpc) is 2.99. The van der Waals surface area contributed by atoms with Gasteiger partial charge in [-0.3, -0.25) is 4.79 Å². The van der Waals surface area contributed by atoms with Gasteiger partial charge in [-0.25, -0.2) is 0 Å². The zero-order valence-corrected chi connectivity index (χ0v) is 9.79. The molecule has 1 aromatic heterocycles. The second-order valence-corrected chi connectivity index (χ2v) is 4.83. The number of carbonyl (C=O) groups is 1. The van der Waals surface area contributed by atoms with Crippen molar-refractivity contribution in [3.63, 3.8) is 0 Å². The zero-order chi connectivity index (χ0) is 11.3. The predicted octanol–water partition coefficient (Wildman–Crippen LogP) is 3.83. The Morgan fingerprint density at radius 3 is 2.75 bits per heavy atom. The van der Waals surface area contributed by atoms with E-state index in [1.165, 1.54) is 12.8 Å². The largest absolute Gasteiger partial charge is 0.335 e. The molecule has 16 heavy (non-hydrogen) atoms. The van der Waals surface area contributed by atoms with Crippen molar-refractivity contribution in [1.82, 2.24) is 4.57 Å². The number of rotatable bonds is 2. The smallest absolute Gasteiger partial charge is 0.176 e. The Kier molecular flexibility index (Phi) is 2.08. The minimum Gasteiger partial charge on any atom is -0.335 e. The van der Waals surface area contributed by atoms with Gasteiger partial charge in [-0.05, 0) is 37.1 Å². The summed E-state index contributed by atoms with van der Waals surface area (Å²) in [5.74, 6) is 0.124. The molecule has 0 aliphatic heterocycles. The molecule has 1 aliphatic carbocycles. The standard InChI is InChI=1S/C13H12ClNO/c1-8(16)13-7-9-6-10(14)2-5-12(9)15(13)11-3-4-11/h2,5-7,11H,3-4H2,1H3. The predicted molar refractivity (Wildman–Crippen MR) is 65.2 cm³/mol. The lowest BCUT2D eigenvalue weighted by Gasteiger charge is -2.06. The highest BCUT2D eigenvalue weighted by molar-refractivity contribution is 6.31. The van der Waals surface area contributed by atoms with E-state index in [4.69, 9.17) is 11.6 Å². The molecule has 3 heteroatoms. The van der Waals surface area contributed by atoms with Crippen molar-refractivity contribution in [3.05, 3.63) is 35.0 Å². The fraction of sp³-hybridized carbons (Fsp3) is 0.308. The molecule has 1 fully saturated rings. The van der Waals surface area contributed by atoms with Gasteiger partial charge in [-0.2, -0.15) is 0 Å². The number of carbonyl (C=O) groups excluding carboxylic acids is 1. The van der Waals surface area contributed by atoms with Crippen molar-refractivity contribution in [3.8, 4) is 0 Å². The van der Waals surface area contributed by atoms with Crippen LogP contribution in [0.4, 0.5) is 0 Å². The fourth-order valence-corrected chi connectivity index (χ4v) is 2.38. The summed E-state index contributed by atoms with van der Waals surface area (Å²) < 4.78 is 2.16. The van der Waals surface area contributed by atoms with Gasteiger partial charge < -0.3 is 4.57 Å². The van der Waals surface area contributed by atoms with Crippen molar-refractivity contribution in [1.29, 1.82) is 0 Å². The van der Waals surface area contributed by atoms with Crippen LogP contribution in [-0.2, 0) is 0 Å². The van der Waals surface area contributed by atoms with E-state index >= 15 is 0 Å². The maximum Gasteiger partial charge on any atom is 0.176 e. The highest BCUT2D eigenvalue weighted by Crippen LogP contribution is 2.40. The Hall–Kier alpha value is -1.28. The topological polar surface area (TPSA) is 22.0 Å². The Morgan fingerprint density at radius 2 is 2.12 bits per heavy atom. The third kappa shape index (κ3) is 1.45. The molecule has 0 N–H and O–H groups in total. The summed E-state index contributed by atoms with van der Waals surface area (Å²) in [7, 11) is 0. The van der Waals surface area contributed by atoms with Gasteiger partial charge in [0.25, 0.3) is 0 Å². The molecule has 2 nitrogen and oxygen atoms in total. The molecular formula is C13H12ClNO. The quantitative estimate of drug-likeness (QED) is 0.723. The van der Waals surface area contributed by atoms with Crippen LogP contribution in [0.5, 0.6) is 0 Å². The lowest BCUT2D eigenvalue weighted by molar-refractivity contribution is 0.100. The van der Waals surface area contributed by atoms with Crippen molar-refractivity contribution >= 4 is 28.3 Å². The molecule has 0 radical (unpaired) electrons. The minimum atomic E-state index is 0.124. The SMILES string of the molecule is CC(=O)c1cc2cc(Cl)ccc2n1C1CC1. The van der Waals surface area contributed by atoms with E-state index in [-0.39, 0.29) is 5.78 Å². The highest BCUT2D eigenvalue weighted by atomic mass is 35.5. The number of nitrogens with zero attached hydrogens (tertiary/aromatic N) is 1. The van der Waals surface area contributed by atoms with Gasteiger partial charge in [0.05, 0.1) is 5.69 Å². The summed E-state index contributed by atoms with van der Waals surface area (Å²) in [6.07, 6.45) is 2.35. The van der Waals surface area contributed by atoms with Gasteiger partial charge in [0, 0.05) is 28.9 Å². The molecule has 0 saturated heterocycles. The van der Waals surface area contributed by atoms with Gasteiger partial charge in [0.2, 0.25) is 0 Å². The number of Topliss-reactive ketones (excluding diaryl/α,β-unsaturated/α-hetero) is 1. The van der Waals surface area contributed by atoms with Crippen LogP contribution in [0, 0.1) is 0 Å². The Balaban J connectivity index is 2.32. The highest BCUT2D eigenvalue weighted by Gasteiger charge is 2.28. The van der Waals surface area contributed by atoms with Crippen molar-refractivity contribution in [2.24, 2.45) is 0 Å². The van der Waals surface area contributed by atoms with Crippen LogP contribution in [-0.4, -0.2) is 10.4 Å².